The summed E-state index contributed by atoms with van der Waals surface area (Å²) in [6.45, 7) is 3.12. The Morgan fingerprint density at radius 1 is 1.03 bits per heavy atom. The average Bonchev–Trinajstić information content (AvgIpc) is 3.03. The number of rotatable bonds is 8. The van der Waals surface area contributed by atoms with Gasteiger partial charge in [-0.1, -0.05) is 32.1 Å². The summed E-state index contributed by atoms with van der Waals surface area (Å²) in [4.78, 5) is 25.8. The van der Waals surface area contributed by atoms with Crippen LogP contribution in [-0.2, 0) is 0 Å². The van der Waals surface area contributed by atoms with Crippen LogP contribution >= 0.6 is 0 Å². The Kier molecular flexibility index (Phi) is 8.28. The van der Waals surface area contributed by atoms with Gasteiger partial charge < -0.3 is 15.5 Å². The van der Waals surface area contributed by atoms with Gasteiger partial charge in [0.25, 0.3) is 11.6 Å². The van der Waals surface area contributed by atoms with Crippen molar-refractivity contribution < 1.29 is 9.72 Å². The summed E-state index contributed by atoms with van der Waals surface area (Å²) in [6.07, 6.45) is 11.7. The van der Waals surface area contributed by atoms with Crippen molar-refractivity contribution in [3.05, 3.63) is 33.9 Å². The first kappa shape index (κ1) is 21.6. The zero-order chi connectivity index (χ0) is 20.5. The molecule has 1 aliphatic heterocycles. The summed E-state index contributed by atoms with van der Waals surface area (Å²) in [6, 6.07) is 5.50. The third kappa shape index (κ3) is 6.42. The van der Waals surface area contributed by atoms with E-state index in [4.69, 9.17) is 0 Å². The lowest BCUT2D eigenvalue weighted by Gasteiger charge is -2.23. The number of anilines is 1. The standard InChI is InChI=1S/C22H34N4O3/c27-22(24-14-8-13-23-19-9-4-3-5-10-19)18-11-12-20(21(17-18)26(28)29)25-15-6-1-2-7-16-25/h11-12,17,19,23H,1-10,13-16H2,(H,24,27). The van der Waals surface area contributed by atoms with Gasteiger partial charge in [0.2, 0.25) is 0 Å². The van der Waals surface area contributed by atoms with E-state index in [0.717, 1.165) is 38.9 Å². The Bertz CT molecular complexity index is 681. The SMILES string of the molecule is O=C(NCCCNC1CCCCC1)c1ccc(N2CCCCCC2)c([N+](=O)[O-])c1. The Hall–Kier alpha value is -2.15. The van der Waals surface area contributed by atoms with Crippen molar-refractivity contribution in [1.29, 1.82) is 0 Å². The average molecular weight is 403 g/mol. The maximum Gasteiger partial charge on any atom is 0.293 e. The summed E-state index contributed by atoms with van der Waals surface area (Å²) in [5, 5.41) is 18.1. The fraction of sp³-hybridized carbons (Fsp3) is 0.682. The largest absolute Gasteiger partial charge is 0.366 e. The molecule has 1 aromatic rings. The number of carbonyl (C=O) groups is 1. The zero-order valence-corrected chi connectivity index (χ0v) is 17.3. The van der Waals surface area contributed by atoms with Crippen LogP contribution in [0.3, 0.4) is 0 Å². The monoisotopic (exact) mass is 402 g/mol. The summed E-state index contributed by atoms with van der Waals surface area (Å²) in [5.41, 5.74) is 1.01. The quantitative estimate of drug-likeness (QED) is 0.390. The van der Waals surface area contributed by atoms with Crippen LogP contribution in [0.1, 0.15) is 74.6 Å². The molecule has 2 fully saturated rings. The molecule has 7 heteroatoms. The van der Waals surface area contributed by atoms with Gasteiger partial charge in [-0.3, -0.25) is 14.9 Å². The molecule has 29 heavy (non-hydrogen) atoms. The summed E-state index contributed by atoms with van der Waals surface area (Å²) >= 11 is 0. The van der Waals surface area contributed by atoms with Crippen molar-refractivity contribution in [2.24, 2.45) is 0 Å². The molecule has 1 heterocycles. The van der Waals surface area contributed by atoms with Crippen LogP contribution in [0.5, 0.6) is 0 Å². The van der Waals surface area contributed by atoms with E-state index >= 15 is 0 Å². The predicted molar refractivity (Wildman–Crippen MR) is 116 cm³/mol. The fourth-order valence-electron chi connectivity index (χ4n) is 4.40. The first-order chi connectivity index (χ1) is 14.1. The maximum absolute atomic E-state index is 12.5. The molecule has 1 saturated heterocycles. The van der Waals surface area contributed by atoms with Gasteiger partial charge in [-0.05, 0) is 50.8 Å². The summed E-state index contributed by atoms with van der Waals surface area (Å²) in [7, 11) is 0. The van der Waals surface area contributed by atoms with Crippen molar-refractivity contribution in [3.63, 3.8) is 0 Å². The molecule has 0 radical (unpaired) electrons. The molecule has 0 atom stereocenters. The van der Waals surface area contributed by atoms with Crippen molar-refractivity contribution in [1.82, 2.24) is 10.6 Å². The van der Waals surface area contributed by atoms with Gasteiger partial charge in [0.05, 0.1) is 4.92 Å². The highest BCUT2D eigenvalue weighted by Gasteiger charge is 2.22. The topological polar surface area (TPSA) is 87.5 Å². The number of nitro groups is 1. The van der Waals surface area contributed by atoms with Gasteiger partial charge in [0, 0.05) is 37.3 Å². The minimum Gasteiger partial charge on any atom is -0.366 e. The first-order valence-corrected chi connectivity index (χ1v) is 11.2. The molecule has 2 N–H and O–H groups in total. The van der Waals surface area contributed by atoms with E-state index in [2.05, 4.69) is 15.5 Å². The van der Waals surface area contributed by atoms with E-state index in [0.29, 0.717) is 23.8 Å². The number of nitro benzene ring substituents is 1. The molecule has 0 bridgehead atoms. The fourth-order valence-corrected chi connectivity index (χ4v) is 4.40. The van der Waals surface area contributed by atoms with Crippen LogP contribution in [-0.4, -0.2) is 43.1 Å². The van der Waals surface area contributed by atoms with E-state index in [1.54, 1.807) is 12.1 Å². The first-order valence-electron chi connectivity index (χ1n) is 11.2. The smallest absolute Gasteiger partial charge is 0.293 e. The number of hydrogen-bond donors (Lipinski definition) is 2. The summed E-state index contributed by atoms with van der Waals surface area (Å²) < 4.78 is 0. The molecule has 1 aliphatic carbocycles. The molecule has 2 aliphatic rings. The molecule has 1 aromatic carbocycles. The van der Waals surface area contributed by atoms with Gasteiger partial charge in [0.1, 0.15) is 5.69 Å². The van der Waals surface area contributed by atoms with Crippen molar-refractivity contribution in [2.45, 2.75) is 70.3 Å². The minimum atomic E-state index is -0.370. The minimum absolute atomic E-state index is 0.0264. The molecule has 7 nitrogen and oxygen atoms in total. The number of nitrogens with one attached hydrogen (secondary N) is 2. The summed E-state index contributed by atoms with van der Waals surface area (Å²) in [5.74, 6) is -0.242. The van der Waals surface area contributed by atoms with Crippen LogP contribution in [0, 0.1) is 10.1 Å². The van der Waals surface area contributed by atoms with E-state index in [1.807, 2.05) is 0 Å². The maximum atomic E-state index is 12.5. The molecular weight excluding hydrogens is 368 g/mol. The molecular formula is C22H34N4O3. The van der Waals surface area contributed by atoms with Crippen molar-refractivity contribution >= 4 is 17.3 Å². The van der Waals surface area contributed by atoms with Crippen LogP contribution < -0.4 is 15.5 Å². The lowest BCUT2D eigenvalue weighted by atomic mass is 9.95. The number of benzene rings is 1. The van der Waals surface area contributed by atoms with Gasteiger partial charge in [-0.25, -0.2) is 0 Å². The van der Waals surface area contributed by atoms with E-state index in [-0.39, 0.29) is 16.5 Å². The van der Waals surface area contributed by atoms with Crippen LogP contribution in [0.4, 0.5) is 11.4 Å². The van der Waals surface area contributed by atoms with E-state index < -0.39 is 0 Å². The molecule has 1 amide bonds. The van der Waals surface area contributed by atoms with Gasteiger partial charge >= 0.3 is 0 Å². The third-order valence-electron chi connectivity index (χ3n) is 6.06. The van der Waals surface area contributed by atoms with Crippen LogP contribution in [0.25, 0.3) is 0 Å². The second-order valence-electron chi connectivity index (χ2n) is 8.26. The van der Waals surface area contributed by atoms with Gasteiger partial charge in [-0.15, -0.1) is 0 Å². The highest BCUT2D eigenvalue weighted by Crippen LogP contribution is 2.31. The highest BCUT2D eigenvalue weighted by atomic mass is 16.6. The van der Waals surface area contributed by atoms with Gasteiger partial charge in [-0.2, -0.15) is 0 Å². The highest BCUT2D eigenvalue weighted by molar-refractivity contribution is 5.95. The molecule has 0 spiro atoms. The van der Waals surface area contributed by atoms with Crippen molar-refractivity contribution in [3.8, 4) is 0 Å². The van der Waals surface area contributed by atoms with Crippen LogP contribution in [0.15, 0.2) is 18.2 Å². The second kappa shape index (κ2) is 11.1. The second-order valence-corrected chi connectivity index (χ2v) is 8.26. The lowest BCUT2D eigenvalue weighted by molar-refractivity contribution is -0.384. The number of hydrogen-bond acceptors (Lipinski definition) is 5. The Balaban J connectivity index is 1.51. The third-order valence-corrected chi connectivity index (χ3v) is 6.06. The lowest BCUT2D eigenvalue weighted by Crippen LogP contribution is -2.34. The Morgan fingerprint density at radius 3 is 2.41 bits per heavy atom. The molecule has 3 rings (SSSR count). The number of carbonyl (C=O) groups excluding carboxylic acids is 1. The number of amides is 1. The molecule has 0 aromatic heterocycles. The predicted octanol–water partition coefficient (Wildman–Crippen LogP) is 4.02. The normalized spacial score (nSPS) is 18.3. The molecule has 1 saturated carbocycles. The Labute approximate surface area is 173 Å². The molecule has 0 unspecified atom stereocenters. The number of nitrogens with zero attached hydrogens (tertiary/aromatic N) is 2. The van der Waals surface area contributed by atoms with Crippen molar-refractivity contribution in [2.75, 3.05) is 31.1 Å². The Morgan fingerprint density at radius 2 is 1.72 bits per heavy atom. The van der Waals surface area contributed by atoms with Gasteiger partial charge in [0.15, 0.2) is 0 Å². The van der Waals surface area contributed by atoms with E-state index in [9.17, 15) is 14.9 Å². The molecule has 160 valence electrons. The van der Waals surface area contributed by atoms with Crippen LogP contribution in [0.2, 0.25) is 0 Å². The van der Waals surface area contributed by atoms with E-state index in [1.165, 1.54) is 51.0 Å². The zero-order valence-electron chi connectivity index (χ0n) is 17.3.